The second-order valence-electron chi connectivity index (χ2n) is 4.20. The Morgan fingerprint density at radius 2 is 2.00 bits per heavy atom. The Hall–Kier alpha value is -2.38. The molecule has 8 nitrogen and oxygen atoms in total. The lowest BCUT2D eigenvalue weighted by atomic mass is 10.2. The lowest BCUT2D eigenvalue weighted by Gasteiger charge is -2.04. The molecular formula is C12H17N3O5. The number of aromatic nitrogens is 1. The molecule has 110 valence electrons. The van der Waals surface area contributed by atoms with Crippen molar-refractivity contribution in [1.82, 2.24) is 15.6 Å². The number of carboxylic acids is 1. The number of aryl methyl sites for hydroxylation is 1. The molecule has 1 heterocycles. The van der Waals surface area contributed by atoms with Crippen molar-refractivity contribution >= 4 is 17.9 Å². The van der Waals surface area contributed by atoms with Crippen LogP contribution in [0.1, 0.15) is 37.3 Å². The first-order valence-electron chi connectivity index (χ1n) is 6.18. The summed E-state index contributed by atoms with van der Waals surface area (Å²) in [6.07, 6.45) is 2.48. The van der Waals surface area contributed by atoms with E-state index in [1.807, 2.05) is 0 Å². The maximum absolute atomic E-state index is 11.4. The van der Waals surface area contributed by atoms with Crippen LogP contribution >= 0.6 is 0 Å². The quantitative estimate of drug-likeness (QED) is 0.640. The van der Waals surface area contributed by atoms with Crippen molar-refractivity contribution < 1.29 is 23.9 Å². The number of unbranched alkanes of at least 4 members (excludes halogenated alkanes) is 1. The Morgan fingerprint density at radius 3 is 2.60 bits per heavy atom. The lowest BCUT2D eigenvalue weighted by Crippen LogP contribution is -2.39. The molecule has 0 fully saturated rings. The molecule has 8 heteroatoms. The van der Waals surface area contributed by atoms with Crippen LogP contribution in [-0.2, 0) is 16.1 Å². The molecule has 1 aromatic rings. The summed E-state index contributed by atoms with van der Waals surface area (Å²) < 4.78 is 5.15. The number of urea groups is 1. The number of oxazole rings is 1. The van der Waals surface area contributed by atoms with Gasteiger partial charge < -0.3 is 14.8 Å². The van der Waals surface area contributed by atoms with Gasteiger partial charge in [0.2, 0.25) is 11.8 Å². The van der Waals surface area contributed by atoms with Crippen LogP contribution < -0.4 is 10.6 Å². The second kappa shape index (κ2) is 7.93. The number of nitrogens with zero attached hydrogens (tertiary/aromatic N) is 1. The SMILES string of the molecule is Cc1cnc(CNC(=O)NC(=O)CCCCC(=O)O)o1. The fourth-order valence-corrected chi connectivity index (χ4v) is 1.43. The molecule has 0 aliphatic carbocycles. The van der Waals surface area contributed by atoms with Gasteiger partial charge in [0.25, 0.3) is 0 Å². The van der Waals surface area contributed by atoms with Crippen LogP contribution in [0, 0.1) is 6.92 Å². The average molecular weight is 283 g/mol. The van der Waals surface area contributed by atoms with Crippen LogP contribution in [0.2, 0.25) is 0 Å². The number of hydrogen-bond acceptors (Lipinski definition) is 5. The van der Waals surface area contributed by atoms with Gasteiger partial charge in [0.05, 0.1) is 12.7 Å². The highest BCUT2D eigenvalue weighted by molar-refractivity contribution is 5.94. The van der Waals surface area contributed by atoms with Gasteiger partial charge in [-0.05, 0) is 19.8 Å². The summed E-state index contributed by atoms with van der Waals surface area (Å²) in [7, 11) is 0. The minimum absolute atomic E-state index is 0.0169. The Morgan fingerprint density at radius 1 is 1.30 bits per heavy atom. The van der Waals surface area contributed by atoms with E-state index < -0.39 is 17.9 Å². The van der Waals surface area contributed by atoms with Gasteiger partial charge in [0.15, 0.2) is 0 Å². The van der Waals surface area contributed by atoms with Crippen LogP contribution in [0.4, 0.5) is 4.79 Å². The van der Waals surface area contributed by atoms with Crippen LogP contribution in [0.15, 0.2) is 10.6 Å². The molecule has 0 bridgehead atoms. The Balaban J connectivity index is 2.14. The van der Waals surface area contributed by atoms with Crippen LogP contribution in [-0.4, -0.2) is 28.0 Å². The maximum atomic E-state index is 11.4. The zero-order valence-corrected chi connectivity index (χ0v) is 11.1. The normalized spacial score (nSPS) is 10.1. The highest BCUT2D eigenvalue weighted by atomic mass is 16.4. The molecule has 1 aromatic heterocycles. The van der Waals surface area contributed by atoms with Gasteiger partial charge in [-0.25, -0.2) is 9.78 Å². The third kappa shape index (κ3) is 6.53. The first-order valence-corrected chi connectivity index (χ1v) is 6.18. The van der Waals surface area contributed by atoms with E-state index in [4.69, 9.17) is 9.52 Å². The number of hydrogen-bond donors (Lipinski definition) is 3. The van der Waals surface area contributed by atoms with Gasteiger partial charge in [0, 0.05) is 12.8 Å². The molecule has 0 aliphatic rings. The molecular weight excluding hydrogens is 266 g/mol. The molecule has 3 N–H and O–H groups in total. The second-order valence-corrected chi connectivity index (χ2v) is 4.20. The van der Waals surface area contributed by atoms with Crippen molar-refractivity contribution in [2.45, 2.75) is 39.2 Å². The number of imide groups is 1. The fourth-order valence-electron chi connectivity index (χ4n) is 1.43. The van der Waals surface area contributed by atoms with E-state index >= 15 is 0 Å². The molecule has 0 saturated carbocycles. The van der Waals surface area contributed by atoms with Crippen molar-refractivity contribution in [2.75, 3.05) is 0 Å². The zero-order valence-electron chi connectivity index (χ0n) is 11.1. The van der Waals surface area contributed by atoms with E-state index in [2.05, 4.69) is 15.6 Å². The fraction of sp³-hybridized carbons (Fsp3) is 0.500. The monoisotopic (exact) mass is 283 g/mol. The molecule has 0 spiro atoms. The third-order valence-corrected chi connectivity index (χ3v) is 2.37. The molecule has 0 saturated heterocycles. The maximum Gasteiger partial charge on any atom is 0.321 e. The van der Waals surface area contributed by atoms with Crippen molar-refractivity contribution in [2.24, 2.45) is 0 Å². The summed E-state index contributed by atoms with van der Waals surface area (Å²) in [5, 5.41) is 13.0. The first kappa shape index (κ1) is 15.7. The van der Waals surface area contributed by atoms with E-state index in [1.54, 1.807) is 6.92 Å². The van der Waals surface area contributed by atoms with Gasteiger partial charge in [-0.1, -0.05) is 0 Å². The summed E-state index contributed by atoms with van der Waals surface area (Å²) in [5.74, 6) is -0.357. The van der Waals surface area contributed by atoms with E-state index in [1.165, 1.54) is 6.20 Å². The molecule has 1 rings (SSSR count). The number of carbonyl (C=O) groups is 3. The molecule has 20 heavy (non-hydrogen) atoms. The van der Waals surface area contributed by atoms with E-state index in [-0.39, 0.29) is 19.4 Å². The lowest BCUT2D eigenvalue weighted by molar-refractivity contribution is -0.137. The predicted molar refractivity (Wildman–Crippen MR) is 67.7 cm³/mol. The van der Waals surface area contributed by atoms with Crippen molar-refractivity contribution in [3.05, 3.63) is 17.8 Å². The topological polar surface area (TPSA) is 122 Å². The number of carbonyl (C=O) groups excluding carboxylic acids is 2. The van der Waals surface area contributed by atoms with E-state index in [0.29, 0.717) is 24.5 Å². The molecule has 0 unspecified atom stereocenters. The predicted octanol–water partition coefficient (Wildman–Crippen LogP) is 0.954. The molecule has 0 aliphatic heterocycles. The standard InChI is InChI=1S/C12H17N3O5/c1-8-6-13-10(20-8)7-14-12(19)15-9(16)4-2-3-5-11(17)18/h6H,2-5,7H2,1H3,(H,17,18)(H2,14,15,16,19). The van der Waals surface area contributed by atoms with E-state index in [9.17, 15) is 14.4 Å². The third-order valence-electron chi connectivity index (χ3n) is 2.37. The number of amides is 3. The van der Waals surface area contributed by atoms with Gasteiger partial charge in [0.1, 0.15) is 5.76 Å². The van der Waals surface area contributed by atoms with Crippen LogP contribution in [0.25, 0.3) is 0 Å². The highest BCUT2D eigenvalue weighted by Crippen LogP contribution is 2.01. The smallest absolute Gasteiger partial charge is 0.321 e. The number of rotatable bonds is 7. The summed E-state index contributed by atoms with van der Waals surface area (Å²) in [6.45, 7) is 1.82. The number of carboxylic acid groups (broad SMARTS) is 1. The van der Waals surface area contributed by atoms with Crippen LogP contribution in [0.5, 0.6) is 0 Å². The Kier molecular flexibility index (Phi) is 6.21. The van der Waals surface area contributed by atoms with Crippen molar-refractivity contribution in [1.29, 1.82) is 0 Å². The largest absolute Gasteiger partial charge is 0.481 e. The Labute approximate surface area is 115 Å². The summed E-state index contributed by atoms with van der Waals surface area (Å²) in [6, 6.07) is -0.635. The number of aliphatic carboxylic acids is 1. The minimum atomic E-state index is -0.899. The van der Waals surface area contributed by atoms with Crippen LogP contribution in [0.3, 0.4) is 0 Å². The van der Waals surface area contributed by atoms with E-state index in [0.717, 1.165) is 0 Å². The summed E-state index contributed by atoms with van der Waals surface area (Å²) >= 11 is 0. The summed E-state index contributed by atoms with van der Waals surface area (Å²) in [5.41, 5.74) is 0. The summed E-state index contributed by atoms with van der Waals surface area (Å²) in [4.78, 5) is 36.9. The van der Waals surface area contributed by atoms with Gasteiger partial charge in [-0.15, -0.1) is 0 Å². The number of nitrogens with one attached hydrogen (secondary N) is 2. The van der Waals surface area contributed by atoms with Gasteiger partial charge >= 0.3 is 12.0 Å². The molecule has 0 aromatic carbocycles. The molecule has 0 atom stereocenters. The minimum Gasteiger partial charge on any atom is -0.481 e. The Bertz CT molecular complexity index is 483. The van der Waals surface area contributed by atoms with Gasteiger partial charge in [-0.3, -0.25) is 14.9 Å². The van der Waals surface area contributed by atoms with Crippen molar-refractivity contribution in [3.8, 4) is 0 Å². The van der Waals surface area contributed by atoms with Gasteiger partial charge in [-0.2, -0.15) is 0 Å². The molecule has 0 radical (unpaired) electrons. The average Bonchev–Trinajstić information content (AvgIpc) is 2.78. The zero-order chi connectivity index (χ0) is 15.0. The van der Waals surface area contributed by atoms with Crippen molar-refractivity contribution in [3.63, 3.8) is 0 Å². The highest BCUT2D eigenvalue weighted by Gasteiger charge is 2.09. The molecule has 3 amide bonds. The first-order chi connectivity index (χ1) is 9.47.